The first-order valence-electron chi connectivity index (χ1n) is 11.2. The minimum atomic E-state index is -0.200. The van der Waals surface area contributed by atoms with Crippen molar-refractivity contribution in [3.8, 4) is 17.0 Å². The van der Waals surface area contributed by atoms with E-state index in [1.807, 2.05) is 18.2 Å². The van der Waals surface area contributed by atoms with Crippen molar-refractivity contribution in [2.24, 2.45) is 5.41 Å². The molecule has 0 bridgehead atoms. The van der Waals surface area contributed by atoms with Gasteiger partial charge in [-0.2, -0.15) is 0 Å². The maximum atomic E-state index is 11.4. The van der Waals surface area contributed by atoms with Gasteiger partial charge in [-0.3, -0.25) is 4.79 Å². The van der Waals surface area contributed by atoms with Gasteiger partial charge in [0, 0.05) is 38.4 Å². The van der Waals surface area contributed by atoms with Crippen molar-refractivity contribution in [2.75, 3.05) is 32.2 Å². The number of hydrogen-bond acceptors (Lipinski definition) is 6. The third-order valence-electron chi connectivity index (χ3n) is 6.16. The highest BCUT2D eigenvalue weighted by molar-refractivity contribution is 5.91. The minimum Gasteiger partial charge on any atom is -0.507 e. The number of benzene rings is 1. The Balaban J connectivity index is 1.74. The number of carbonyl (C=O) groups is 1. The van der Waals surface area contributed by atoms with Crippen LogP contribution < -0.4 is 10.2 Å². The van der Waals surface area contributed by atoms with E-state index in [2.05, 4.69) is 41.3 Å². The Labute approximate surface area is 190 Å². The van der Waals surface area contributed by atoms with Crippen LogP contribution in [0.1, 0.15) is 45.1 Å². The topological polar surface area (TPSA) is 87.6 Å². The molecule has 0 unspecified atom stereocenters. The maximum absolute atomic E-state index is 11.4. The van der Waals surface area contributed by atoms with Crippen LogP contribution in [-0.4, -0.2) is 54.6 Å². The molecule has 1 saturated heterocycles. The fraction of sp³-hybridized carbons (Fsp3) is 0.480. The number of carbonyl (C=O) groups excluding carboxylic acids is 1. The van der Waals surface area contributed by atoms with E-state index in [0.29, 0.717) is 17.3 Å². The summed E-state index contributed by atoms with van der Waals surface area (Å²) >= 11 is 0. The van der Waals surface area contributed by atoms with Crippen LogP contribution in [-0.2, 0) is 9.53 Å². The van der Waals surface area contributed by atoms with Crippen molar-refractivity contribution in [1.82, 2.24) is 15.5 Å². The summed E-state index contributed by atoms with van der Waals surface area (Å²) in [7, 11) is 3.64. The Bertz CT molecular complexity index is 945. The van der Waals surface area contributed by atoms with Crippen molar-refractivity contribution in [2.45, 2.75) is 45.6 Å². The molecule has 1 aliphatic heterocycles. The number of amides is 1. The SMILES string of the molecule is CCC[C@]1(C)COCC[C@H](N(C)c2ccc(-c3ccc(/C=C/C(=O)NC)cc3O)nn2)C1. The predicted octanol–water partition coefficient (Wildman–Crippen LogP) is 4.03. The van der Waals surface area contributed by atoms with E-state index in [9.17, 15) is 9.90 Å². The van der Waals surface area contributed by atoms with Crippen molar-refractivity contribution in [1.29, 1.82) is 0 Å². The second kappa shape index (κ2) is 10.6. The Morgan fingerprint density at radius 2 is 2.16 bits per heavy atom. The molecular formula is C25H34N4O3. The molecule has 2 atom stereocenters. The lowest BCUT2D eigenvalue weighted by Gasteiger charge is -2.34. The highest BCUT2D eigenvalue weighted by Crippen LogP contribution is 2.35. The first-order valence-corrected chi connectivity index (χ1v) is 11.2. The average molecular weight is 439 g/mol. The summed E-state index contributed by atoms with van der Waals surface area (Å²) in [4.78, 5) is 13.6. The molecule has 172 valence electrons. The lowest BCUT2D eigenvalue weighted by Crippen LogP contribution is -2.37. The third-order valence-corrected chi connectivity index (χ3v) is 6.16. The molecule has 1 fully saturated rings. The standard InChI is InChI=1S/C25H34N4O3/c1-5-13-25(2)16-19(12-14-32-17-25)29(4)23-10-9-21(27-28-23)20-8-6-18(15-22(20)30)7-11-24(31)26-3/h6-11,15,19,30H,5,12-14,16-17H2,1-4H3,(H,26,31)/b11-7+/t19-,25-/m0/s1. The molecule has 2 N–H and O–H groups in total. The van der Waals surface area contributed by atoms with E-state index in [1.165, 1.54) is 6.08 Å². The van der Waals surface area contributed by atoms with Gasteiger partial charge in [-0.25, -0.2) is 0 Å². The zero-order valence-electron chi connectivity index (χ0n) is 19.5. The quantitative estimate of drug-likeness (QED) is 0.635. The fourth-order valence-corrected chi connectivity index (χ4v) is 4.34. The van der Waals surface area contributed by atoms with Gasteiger partial charge in [-0.1, -0.05) is 26.3 Å². The molecular weight excluding hydrogens is 404 g/mol. The molecule has 32 heavy (non-hydrogen) atoms. The first kappa shape index (κ1) is 23.7. The van der Waals surface area contributed by atoms with Crippen molar-refractivity contribution in [3.05, 3.63) is 42.0 Å². The van der Waals surface area contributed by atoms with Gasteiger partial charge in [-0.15, -0.1) is 10.2 Å². The number of aromatic hydroxyl groups is 1. The largest absolute Gasteiger partial charge is 0.507 e. The van der Waals surface area contributed by atoms with Crippen molar-refractivity contribution < 1.29 is 14.6 Å². The number of ether oxygens (including phenoxy) is 1. The summed E-state index contributed by atoms with van der Waals surface area (Å²) in [6, 6.07) is 9.39. The molecule has 1 amide bonds. The van der Waals surface area contributed by atoms with Gasteiger partial charge < -0.3 is 20.1 Å². The zero-order valence-corrected chi connectivity index (χ0v) is 19.5. The first-order chi connectivity index (χ1) is 15.3. The van der Waals surface area contributed by atoms with Gasteiger partial charge in [0.2, 0.25) is 5.91 Å². The van der Waals surface area contributed by atoms with E-state index in [1.54, 1.807) is 25.3 Å². The van der Waals surface area contributed by atoms with Crippen LogP contribution >= 0.6 is 0 Å². The highest BCUT2D eigenvalue weighted by atomic mass is 16.5. The Morgan fingerprint density at radius 3 is 2.81 bits per heavy atom. The average Bonchev–Trinajstić information content (AvgIpc) is 2.99. The molecule has 3 rings (SSSR count). The van der Waals surface area contributed by atoms with Crippen molar-refractivity contribution in [3.63, 3.8) is 0 Å². The number of nitrogens with one attached hydrogen (secondary N) is 1. The molecule has 7 nitrogen and oxygen atoms in total. The van der Waals surface area contributed by atoms with Crippen LogP contribution in [0.25, 0.3) is 17.3 Å². The molecule has 1 aromatic carbocycles. The van der Waals surface area contributed by atoms with Gasteiger partial charge in [0.1, 0.15) is 5.75 Å². The molecule has 1 aliphatic rings. The van der Waals surface area contributed by atoms with Crippen LogP contribution in [0.2, 0.25) is 0 Å². The summed E-state index contributed by atoms with van der Waals surface area (Å²) in [5.41, 5.74) is 2.10. The Morgan fingerprint density at radius 1 is 1.34 bits per heavy atom. The minimum absolute atomic E-state index is 0.0933. The van der Waals surface area contributed by atoms with Crippen molar-refractivity contribution >= 4 is 17.8 Å². The smallest absolute Gasteiger partial charge is 0.243 e. The van der Waals surface area contributed by atoms with Gasteiger partial charge >= 0.3 is 0 Å². The number of anilines is 1. The van der Waals surface area contributed by atoms with E-state index >= 15 is 0 Å². The van der Waals surface area contributed by atoms with Gasteiger partial charge in [0.05, 0.1) is 12.3 Å². The summed E-state index contributed by atoms with van der Waals surface area (Å²) in [6.45, 7) is 6.10. The number of likely N-dealkylation sites (N-methyl/N-ethyl adjacent to an activating group) is 1. The molecule has 0 spiro atoms. The molecule has 7 heteroatoms. The number of hydrogen-bond donors (Lipinski definition) is 2. The summed E-state index contributed by atoms with van der Waals surface area (Å²) in [5, 5.41) is 21.8. The summed E-state index contributed by atoms with van der Waals surface area (Å²) < 4.78 is 5.90. The van der Waals surface area contributed by atoms with Crippen LogP contribution in [0.5, 0.6) is 5.75 Å². The fourth-order valence-electron chi connectivity index (χ4n) is 4.34. The molecule has 2 aromatic rings. The predicted molar refractivity (Wildman–Crippen MR) is 127 cm³/mol. The maximum Gasteiger partial charge on any atom is 0.243 e. The molecule has 0 radical (unpaired) electrons. The molecule has 0 aliphatic carbocycles. The van der Waals surface area contributed by atoms with Crippen LogP contribution in [0.3, 0.4) is 0 Å². The number of phenolic OH excluding ortho intramolecular Hbond substituents is 1. The Kier molecular flexibility index (Phi) is 7.85. The lowest BCUT2D eigenvalue weighted by molar-refractivity contribution is -0.115. The van der Waals surface area contributed by atoms with E-state index in [4.69, 9.17) is 4.74 Å². The summed E-state index contributed by atoms with van der Waals surface area (Å²) in [6.07, 6.45) is 7.39. The highest BCUT2D eigenvalue weighted by Gasteiger charge is 2.32. The van der Waals surface area contributed by atoms with Gasteiger partial charge in [0.15, 0.2) is 5.82 Å². The monoisotopic (exact) mass is 438 g/mol. The molecule has 2 heterocycles. The molecule has 0 saturated carbocycles. The number of nitrogens with zero attached hydrogens (tertiary/aromatic N) is 3. The van der Waals surface area contributed by atoms with Crippen LogP contribution in [0.15, 0.2) is 36.4 Å². The van der Waals surface area contributed by atoms with E-state index < -0.39 is 0 Å². The second-order valence-corrected chi connectivity index (χ2v) is 8.87. The number of rotatable bonds is 7. The number of aromatic nitrogens is 2. The van der Waals surface area contributed by atoms with E-state index in [-0.39, 0.29) is 17.1 Å². The molecule has 1 aromatic heterocycles. The van der Waals surface area contributed by atoms with E-state index in [0.717, 1.165) is 50.3 Å². The summed E-state index contributed by atoms with van der Waals surface area (Å²) in [5.74, 6) is 0.703. The van der Waals surface area contributed by atoms with Gasteiger partial charge in [-0.05, 0) is 60.6 Å². The van der Waals surface area contributed by atoms with Crippen LogP contribution in [0.4, 0.5) is 5.82 Å². The third kappa shape index (κ3) is 5.85. The van der Waals surface area contributed by atoms with Gasteiger partial charge in [0.25, 0.3) is 0 Å². The normalized spacial score (nSPS) is 21.3. The van der Waals surface area contributed by atoms with Crippen LogP contribution in [0, 0.1) is 5.41 Å². The second-order valence-electron chi connectivity index (χ2n) is 8.87. The lowest BCUT2D eigenvalue weighted by atomic mass is 9.80. The number of phenols is 1. The Hall–Kier alpha value is -2.93. The zero-order chi connectivity index (χ0) is 23.1.